The zero-order valence-electron chi connectivity index (χ0n) is 12.7. The molecule has 1 aromatic heterocycles. The van der Waals surface area contributed by atoms with Crippen molar-refractivity contribution in [1.29, 1.82) is 0 Å². The predicted molar refractivity (Wildman–Crippen MR) is 91.6 cm³/mol. The number of ether oxygens (including phenoxy) is 1. The molecule has 1 heterocycles. The van der Waals surface area contributed by atoms with Crippen molar-refractivity contribution in [3.63, 3.8) is 0 Å². The van der Waals surface area contributed by atoms with Crippen LogP contribution >= 0.6 is 0 Å². The zero-order valence-corrected chi connectivity index (χ0v) is 12.7. The van der Waals surface area contributed by atoms with Gasteiger partial charge in [0.25, 0.3) is 0 Å². The van der Waals surface area contributed by atoms with Crippen LogP contribution in [0.3, 0.4) is 0 Å². The summed E-state index contributed by atoms with van der Waals surface area (Å²) in [6.45, 7) is 0.375. The van der Waals surface area contributed by atoms with Gasteiger partial charge < -0.3 is 15.8 Å². The largest absolute Gasteiger partial charge is 0.496 e. The summed E-state index contributed by atoms with van der Waals surface area (Å²) in [4.78, 5) is 8.63. The smallest absolute Gasteiger partial charge is 0.141 e. The van der Waals surface area contributed by atoms with E-state index in [1.165, 1.54) is 6.33 Å². The van der Waals surface area contributed by atoms with E-state index in [1.54, 1.807) is 7.11 Å². The third kappa shape index (κ3) is 2.93. The molecule has 0 saturated carbocycles. The number of fused-ring (bicyclic) bond motifs is 1. The molecular weight excluding hydrogens is 288 g/mol. The summed E-state index contributed by atoms with van der Waals surface area (Å²) in [7, 11) is 1.62. The highest BCUT2D eigenvalue weighted by Crippen LogP contribution is 2.29. The van der Waals surface area contributed by atoms with E-state index < -0.39 is 0 Å². The first-order valence-electron chi connectivity index (χ1n) is 7.10. The highest BCUT2D eigenvalue weighted by Gasteiger charge is 2.10. The second-order valence-corrected chi connectivity index (χ2v) is 4.96. The highest BCUT2D eigenvalue weighted by atomic mass is 16.5. The number of terminal acetylenes is 1. The molecule has 0 unspecified atom stereocenters. The lowest BCUT2D eigenvalue weighted by molar-refractivity contribution is 0.410. The second-order valence-electron chi connectivity index (χ2n) is 4.96. The number of hydrogen-bond donors (Lipinski definition) is 2. The second kappa shape index (κ2) is 6.34. The van der Waals surface area contributed by atoms with Crippen LogP contribution in [0.1, 0.15) is 11.1 Å². The third-order valence-corrected chi connectivity index (χ3v) is 3.55. The fraction of sp³-hybridized carbons (Fsp3) is 0.111. The van der Waals surface area contributed by atoms with Crippen molar-refractivity contribution in [2.75, 3.05) is 12.4 Å². The first-order valence-corrected chi connectivity index (χ1v) is 7.10. The fourth-order valence-corrected chi connectivity index (χ4v) is 2.40. The van der Waals surface area contributed by atoms with Gasteiger partial charge in [0.1, 0.15) is 17.9 Å². The maximum atomic E-state index is 5.79. The molecule has 0 amide bonds. The number of hydrogen-bond acceptors (Lipinski definition) is 5. The summed E-state index contributed by atoms with van der Waals surface area (Å²) in [6.07, 6.45) is 6.95. The summed E-state index contributed by atoms with van der Waals surface area (Å²) in [5.74, 6) is 4.03. The first-order chi connectivity index (χ1) is 11.2. The minimum absolute atomic E-state index is 0.375. The number of anilines is 2. The van der Waals surface area contributed by atoms with Crippen molar-refractivity contribution in [2.24, 2.45) is 5.73 Å². The van der Waals surface area contributed by atoms with E-state index >= 15 is 0 Å². The Morgan fingerprint density at radius 1 is 1.26 bits per heavy atom. The molecule has 0 aliphatic rings. The molecule has 0 atom stereocenters. The van der Waals surface area contributed by atoms with Gasteiger partial charge in [0.05, 0.1) is 12.6 Å². The van der Waals surface area contributed by atoms with Crippen LogP contribution in [0, 0.1) is 12.3 Å². The Balaban J connectivity index is 2.08. The lowest BCUT2D eigenvalue weighted by atomic mass is 10.1. The molecule has 0 spiro atoms. The maximum Gasteiger partial charge on any atom is 0.141 e. The van der Waals surface area contributed by atoms with Gasteiger partial charge in [-0.25, -0.2) is 9.97 Å². The van der Waals surface area contributed by atoms with Crippen molar-refractivity contribution in [3.05, 3.63) is 53.9 Å². The van der Waals surface area contributed by atoms with Crippen LogP contribution < -0.4 is 15.8 Å². The quantitative estimate of drug-likeness (QED) is 0.725. The van der Waals surface area contributed by atoms with E-state index in [2.05, 4.69) is 21.2 Å². The Morgan fingerprint density at radius 3 is 2.87 bits per heavy atom. The first kappa shape index (κ1) is 14.8. The van der Waals surface area contributed by atoms with Gasteiger partial charge in [-0.1, -0.05) is 12.0 Å². The Kier molecular flexibility index (Phi) is 4.09. The lowest BCUT2D eigenvalue weighted by Gasteiger charge is -2.12. The fourth-order valence-electron chi connectivity index (χ4n) is 2.40. The maximum absolute atomic E-state index is 5.79. The Morgan fingerprint density at radius 2 is 2.13 bits per heavy atom. The van der Waals surface area contributed by atoms with Crippen molar-refractivity contribution >= 4 is 22.4 Å². The van der Waals surface area contributed by atoms with Crippen molar-refractivity contribution in [2.45, 2.75) is 6.54 Å². The molecule has 3 rings (SSSR count). The average Bonchev–Trinajstić information content (AvgIpc) is 2.61. The van der Waals surface area contributed by atoms with Crippen LogP contribution in [0.4, 0.5) is 11.5 Å². The number of rotatable bonds is 4. The molecular formula is C18H16N4O. The van der Waals surface area contributed by atoms with Gasteiger partial charge in [-0.3, -0.25) is 0 Å². The van der Waals surface area contributed by atoms with Crippen LogP contribution in [0.15, 0.2) is 42.7 Å². The van der Waals surface area contributed by atoms with Gasteiger partial charge in [0, 0.05) is 34.8 Å². The molecule has 2 aromatic carbocycles. The van der Waals surface area contributed by atoms with E-state index in [0.717, 1.165) is 33.5 Å². The Labute approximate surface area is 134 Å². The number of nitrogens with zero attached hydrogens (tertiary/aromatic N) is 2. The van der Waals surface area contributed by atoms with E-state index in [-0.39, 0.29) is 0 Å². The van der Waals surface area contributed by atoms with Crippen LogP contribution in [-0.4, -0.2) is 17.1 Å². The third-order valence-electron chi connectivity index (χ3n) is 3.55. The SMILES string of the molecule is C#Cc1cccc(Nc2ncnc3cc(OC)c(CN)cc23)c1. The lowest BCUT2D eigenvalue weighted by Crippen LogP contribution is -2.02. The Bertz CT molecular complexity index is 899. The van der Waals surface area contributed by atoms with Gasteiger partial charge in [0.15, 0.2) is 0 Å². The molecule has 5 heteroatoms. The van der Waals surface area contributed by atoms with Crippen LogP contribution in [0.5, 0.6) is 5.75 Å². The molecule has 0 radical (unpaired) electrons. The van der Waals surface area contributed by atoms with Gasteiger partial charge in [0.2, 0.25) is 0 Å². The van der Waals surface area contributed by atoms with Gasteiger partial charge in [-0.15, -0.1) is 6.42 Å². The number of methoxy groups -OCH3 is 1. The Hall–Kier alpha value is -3.10. The minimum atomic E-state index is 0.375. The van der Waals surface area contributed by atoms with Crippen LogP contribution in [-0.2, 0) is 6.54 Å². The molecule has 5 nitrogen and oxygen atoms in total. The molecule has 0 saturated heterocycles. The van der Waals surface area contributed by atoms with Crippen LogP contribution in [0.25, 0.3) is 10.9 Å². The molecule has 114 valence electrons. The predicted octanol–water partition coefficient (Wildman–Crippen LogP) is 2.82. The number of aromatic nitrogens is 2. The van der Waals surface area contributed by atoms with Gasteiger partial charge in [-0.2, -0.15) is 0 Å². The molecule has 3 aromatic rings. The van der Waals surface area contributed by atoms with Crippen LogP contribution in [0.2, 0.25) is 0 Å². The number of nitrogens with one attached hydrogen (secondary N) is 1. The van der Waals surface area contributed by atoms with Gasteiger partial charge >= 0.3 is 0 Å². The number of benzene rings is 2. The van der Waals surface area contributed by atoms with Gasteiger partial charge in [-0.05, 0) is 24.3 Å². The topological polar surface area (TPSA) is 73.1 Å². The van der Waals surface area contributed by atoms with Crippen molar-refractivity contribution in [3.8, 4) is 18.1 Å². The van der Waals surface area contributed by atoms with E-state index in [4.69, 9.17) is 16.9 Å². The van der Waals surface area contributed by atoms with Crippen molar-refractivity contribution in [1.82, 2.24) is 9.97 Å². The summed E-state index contributed by atoms with van der Waals surface area (Å²) >= 11 is 0. The molecule has 0 aliphatic carbocycles. The summed E-state index contributed by atoms with van der Waals surface area (Å²) < 4.78 is 5.35. The molecule has 0 bridgehead atoms. The monoisotopic (exact) mass is 304 g/mol. The normalized spacial score (nSPS) is 10.3. The van der Waals surface area contributed by atoms with E-state index in [0.29, 0.717) is 12.4 Å². The standard InChI is InChI=1S/C18H16N4O/c1-3-12-5-4-6-14(7-12)22-18-15-8-13(10-19)17(23-2)9-16(15)20-11-21-18/h1,4-9,11H,10,19H2,2H3,(H,20,21,22). The number of nitrogens with two attached hydrogens (primary N) is 1. The minimum Gasteiger partial charge on any atom is -0.496 e. The molecule has 23 heavy (non-hydrogen) atoms. The zero-order chi connectivity index (χ0) is 16.2. The van der Waals surface area contributed by atoms with E-state index in [9.17, 15) is 0 Å². The average molecular weight is 304 g/mol. The van der Waals surface area contributed by atoms with Crippen molar-refractivity contribution < 1.29 is 4.74 Å². The highest BCUT2D eigenvalue weighted by molar-refractivity contribution is 5.92. The summed E-state index contributed by atoms with van der Waals surface area (Å²) in [6, 6.07) is 11.4. The summed E-state index contributed by atoms with van der Waals surface area (Å²) in [5.41, 5.74) is 9.14. The molecule has 0 aliphatic heterocycles. The molecule has 3 N–H and O–H groups in total. The molecule has 0 fully saturated rings. The van der Waals surface area contributed by atoms with E-state index in [1.807, 2.05) is 36.4 Å². The summed E-state index contributed by atoms with van der Waals surface area (Å²) in [5, 5.41) is 4.16.